The number of carbonyl (C=O) groups is 1. The smallest absolute Gasteiger partial charge is 0.307 e. The predicted octanol–water partition coefficient (Wildman–Crippen LogP) is 5.04. The summed E-state index contributed by atoms with van der Waals surface area (Å²) in [5.74, 6) is -0.158. The van der Waals surface area contributed by atoms with Crippen molar-refractivity contribution >= 4 is 5.97 Å². The highest BCUT2D eigenvalue weighted by molar-refractivity contribution is 5.76. The maximum atomic E-state index is 13.4. The molecule has 0 aliphatic rings. The minimum absolute atomic E-state index is 0.0725. The molecule has 0 fully saturated rings. The molecule has 0 unspecified atom stereocenters. The first-order valence-electron chi connectivity index (χ1n) is 9.69. The van der Waals surface area contributed by atoms with Gasteiger partial charge in [0.25, 0.3) is 0 Å². The van der Waals surface area contributed by atoms with Crippen molar-refractivity contribution in [3.05, 3.63) is 59.9 Å². The number of hydrogen-bond acceptors (Lipinski definition) is 3. The third-order valence-electron chi connectivity index (χ3n) is 4.43. The lowest BCUT2D eigenvalue weighted by Gasteiger charge is -2.11. The number of hydrogen-bond donors (Lipinski definition) is 1. The number of aliphatic carboxylic acids is 1. The number of ether oxygens (including phenoxy) is 1. The zero-order valence-corrected chi connectivity index (χ0v) is 16.9. The van der Waals surface area contributed by atoms with Crippen LogP contribution in [0.3, 0.4) is 0 Å². The van der Waals surface area contributed by atoms with Crippen LogP contribution in [-0.4, -0.2) is 27.5 Å². The van der Waals surface area contributed by atoms with Gasteiger partial charge in [0.2, 0.25) is 0 Å². The zero-order valence-electron chi connectivity index (χ0n) is 16.9. The Balaban J connectivity index is 2.12. The maximum Gasteiger partial charge on any atom is 0.307 e. The number of nitrogens with zero attached hydrogens (tertiary/aromatic N) is 2. The molecular weight excluding hydrogens is 371 g/mol. The molecule has 0 saturated carbocycles. The van der Waals surface area contributed by atoms with E-state index < -0.39 is 5.97 Å². The highest BCUT2D eigenvalue weighted by Gasteiger charge is 2.17. The number of benzene rings is 2. The normalized spacial score (nSPS) is 11.1. The van der Waals surface area contributed by atoms with Crippen LogP contribution in [0, 0.1) is 11.7 Å². The number of rotatable bonds is 8. The Labute approximate surface area is 169 Å². The SMILES string of the molecule is CCOc1ccc(CC(=O)O)cc1-c1cc(-c2ccc(F)cc2)n(CC(C)C)n1. The number of halogens is 1. The number of aromatic nitrogens is 2. The second-order valence-electron chi connectivity index (χ2n) is 7.33. The van der Waals surface area contributed by atoms with E-state index in [9.17, 15) is 9.18 Å². The molecule has 152 valence electrons. The molecule has 1 N–H and O–H groups in total. The summed E-state index contributed by atoms with van der Waals surface area (Å²) in [7, 11) is 0. The van der Waals surface area contributed by atoms with Gasteiger partial charge in [0, 0.05) is 17.7 Å². The van der Waals surface area contributed by atoms with Crippen LogP contribution in [0.2, 0.25) is 0 Å². The van der Waals surface area contributed by atoms with Crippen LogP contribution in [0.4, 0.5) is 4.39 Å². The number of carboxylic acid groups (broad SMARTS) is 1. The first-order chi connectivity index (χ1) is 13.9. The molecule has 29 heavy (non-hydrogen) atoms. The van der Waals surface area contributed by atoms with Crippen LogP contribution in [0.25, 0.3) is 22.5 Å². The van der Waals surface area contributed by atoms with Crippen molar-refractivity contribution in [2.45, 2.75) is 33.7 Å². The third-order valence-corrected chi connectivity index (χ3v) is 4.43. The van der Waals surface area contributed by atoms with E-state index in [0.29, 0.717) is 36.1 Å². The Bertz CT molecular complexity index is 994. The van der Waals surface area contributed by atoms with Crippen molar-refractivity contribution in [1.82, 2.24) is 9.78 Å². The summed E-state index contributed by atoms with van der Waals surface area (Å²) in [4.78, 5) is 11.1. The molecule has 1 heterocycles. The average Bonchev–Trinajstić information content (AvgIpc) is 3.06. The fourth-order valence-electron chi connectivity index (χ4n) is 3.23. The van der Waals surface area contributed by atoms with Gasteiger partial charge in [0.15, 0.2) is 0 Å². The second-order valence-corrected chi connectivity index (χ2v) is 7.33. The summed E-state index contributed by atoms with van der Waals surface area (Å²) >= 11 is 0. The summed E-state index contributed by atoms with van der Waals surface area (Å²) < 4.78 is 21.0. The molecule has 0 bridgehead atoms. The fraction of sp³-hybridized carbons (Fsp3) is 0.304. The molecular formula is C23H25FN2O3. The van der Waals surface area contributed by atoms with Crippen LogP contribution >= 0.6 is 0 Å². The van der Waals surface area contributed by atoms with Crippen LogP contribution in [0.15, 0.2) is 48.5 Å². The molecule has 0 saturated heterocycles. The summed E-state index contributed by atoms with van der Waals surface area (Å²) in [6.45, 7) is 7.30. The minimum Gasteiger partial charge on any atom is -0.493 e. The molecule has 5 nitrogen and oxygen atoms in total. The van der Waals surface area contributed by atoms with Crippen LogP contribution in [0.5, 0.6) is 5.75 Å². The summed E-state index contributed by atoms with van der Waals surface area (Å²) in [6.07, 6.45) is -0.0725. The van der Waals surface area contributed by atoms with Crippen molar-refractivity contribution in [1.29, 1.82) is 0 Å². The molecule has 3 aromatic rings. The van der Waals surface area contributed by atoms with E-state index >= 15 is 0 Å². The fourth-order valence-corrected chi connectivity index (χ4v) is 3.23. The summed E-state index contributed by atoms with van der Waals surface area (Å²) in [5, 5.41) is 13.9. The van der Waals surface area contributed by atoms with Crippen molar-refractivity contribution in [2.24, 2.45) is 5.92 Å². The van der Waals surface area contributed by atoms with Crippen molar-refractivity contribution in [3.63, 3.8) is 0 Å². The van der Waals surface area contributed by atoms with Crippen LogP contribution in [-0.2, 0) is 17.8 Å². The van der Waals surface area contributed by atoms with E-state index in [1.165, 1.54) is 12.1 Å². The van der Waals surface area contributed by atoms with Gasteiger partial charge in [-0.05, 0) is 60.9 Å². The molecule has 0 atom stereocenters. The van der Waals surface area contributed by atoms with E-state index in [4.69, 9.17) is 14.9 Å². The molecule has 3 rings (SSSR count). The quantitative estimate of drug-likeness (QED) is 0.579. The molecule has 0 spiro atoms. The molecule has 0 radical (unpaired) electrons. The van der Waals surface area contributed by atoms with Gasteiger partial charge in [0.05, 0.1) is 24.4 Å². The van der Waals surface area contributed by atoms with Gasteiger partial charge in [-0.25, -0.2) is 4.39 Å². The zero-order chi connectivity index (χ0) is 21.0. The van der Waals surface area contributed by atoms with Gasteiger partial charge in [-0.1, -0.05) is 19.9 Å². The van der Waals surface area contributed by atoms with Crippen molar-refractivity contribution in [3.8, 4) is 28.3 Å². The first kappa shape index (κ1) is 20.6. The largest absolute Gasteiger partial charge is 0.493 e. The Morgan fingerprint density at radius 3 is 2.52 bits per heavy atom. The topological polar surface area (TPSA) is 64.3 Å². The van der Waals surface area contributed by atoms with Gasteiger partial charge in [0.1, 0.15) is 11.6 Å². The Hall–Kier alpha value is -3.15. The Morgan fingerprint density at radius 2 is 1.90 bits per heavy atom. The molecule has 0 aliphatic heterocycles. The molecule has 1 aromatic heterocycles. The minimum atomic E-state index is -0.891. The van der Waals surface area contributed by atoms with Crippen molar-refractivity contribution in [2.75, 3.05) is 6.61 Å². The Kier molecular flexibility index (Phi) is 6.32. The van der Waals surface area contributed by atoms with Crippen LogP contribution in [0.1, 0.15) is 26.3 Å². The van der Waals surface area contributed by atoms with Crippen LogP contribution < -0.4 is 4.74 Å². The average molecular weight is 396 g/mol. The molecule has 0 aliphatic carbocycles. The van der Waals surface area contributed by atoms with Gasteiger partial charge < -0.3 is 9.84 Å². The standard InChI is InChI=1S/C23H25FN2O3/c1-4-29-22-10-5-16(12-23(27)28)11-19(22)20-13-21(26(25-20)14-15(2)3)17-6-8-18(24)9-7-17/h5-11,13,15H,4,12,14H2,1-3H3,(H,27,28). The van der Waals surface area contributed by atoms with E-state index in [-0.39, 0.29) is 12.2 Å². The second kappa shape index (κ2) is 8.90. The monoisotopic (exact) mass is 396 g/mol. The van der Waals surface area contributed by atoms with Gasteiger partial charge in [-0.2, -0.15) is 5.10 Å². The lowest BCUT2D eigenvalue weighted by atomic mass is 10.0. The van der Waals surface area contributed by atoms with E-state index in [0.717, 1.165) is 16.8 Å². The molecule has 0 amide bonds. The van der Waals surface area contributed by atoms with Gasteiger partial charge in [-0.3, -0.25) is 9.48 Å². The Morgan fingerprint density at radius 1 is 1.17 bits per heavy atom. The first-order valence-corrected chi connectivity index (χ1v) is 9.69. The lowest BCUT2D eigenvalue weighted by Crippen LogP contribution is -2.08. The van der Waals surface area contributed by atoms with Gasteiger partial charge in [-0.15, -0.1) is 0 Å². The highest BCUT2D eigenvalue weighted by Crippen LogP contribution is 2.34. The number of carboxylic acids is 1. The van der Waals surface area contributed by atoms with E-state index in [1.54, 1.807) is 24.3 Å². The molecule has 2 aromatic carbocycles. The highest BCUT2D eigenvalue weighted by atomic mass is 19.1. The summed E-state index contributed by atoms with van der Waals surface area (Å²) in [6, 6.07) is 13.6. The van der Waals surface area contributed by atoms with E-state index in [1.807, 2.05) is 23.7 Å². The van der Waals surface area contributed by atoms with E-state index in [2.05, 4.69) is 13.8 Å². The van der Waals surface area contributed by atoms with Crippen molar-refractivity contribution < 1.29 is 19.0 Å². The summed E-state index contributed by atoms with van der Waals surface area (Å²) in [5.41, 5.74) is 3.86. The predicted molar refractivity (Wildman–Crippen MR) is 110 cm³/mol. The van der Waals surface area contributed by atoms with Gasteiger partial charge >= 0.3 is 5.97 Å². The lowest BCUT2D eigenvalue weighted by molar-refractivity contribution is -0.136. The maximum absolute atomic E-state index is 13.4. The molecule has 6 heteroatoms. The third kappa shape index (κ3) is 5.02.